The first-order valence-electron chi connectivity index (χ1n) is 9.34. The van der Waals surface area contributed by atoms with Crippen LogP contribution in [0.2, 0.25) is 0 Å². The van der Waals surface area contributed by atoms with Gasteiger partial charge < -0.3 is 15.4 Å². The van der Waals surface area contributed by atoms with Crippen molar-refractivity contribution >= 4 is 11.5 Å². The van der Waals surface area contributed by atoms with E-state index in [1.54, 1.807) is 0 Å². The number of hydrogen-bond donors (Lipinski definition) is 2. The van der Waals surface area contributed by atoms with Gasteiger partial charge in [0.1, 0.15) is 12.4 Å². The average Bonchev–Trinajstić information content (AvgIpc) is 2.85. The third-order valence-corrected chi connectivity index (χ3v) is 5.08. The van der Waals surface area contributed by atoms with Crippen LogP contribution in [-0.2, 0) is 6.61 Å². The molecule has 1 saturated heterocycles. The number of rotatable bonds is 2. The van der Waals surface area contributed by atoms with E-state index in [1.165, 1.54) is 22.3 Å². The third kappa shape index (κ3) is 3.13. The number of carbonyl (C=O) groups excluding carboxylic acids is 1. The fourth-order valence-electron chi connectivity index (χ4n) is 3.80. The number of ether oxygens (including phenoxy) is 1. The number of carbonyl (C=O) groups is 1. The lowest BCUT2D eigenvalue weighted by Crippen LogP contribution is -2.24. The SMILES string of the molecule is CCNC(=O)c1ccc2c(c1)OCc1ccccc1C2=C1CCNCC1. The average molecular weight is 348 g/mol. The van der Waals surface area contributed by atoms with E-state index in [0.717, 1.165) is 37.2 Å². The smallest absolute Gasteiger partial charge is 0.251 e. The van der Waals surface area contributed by atoms with Gasteiger partial charge in [0.15, 0.2) is 0 Å². The van der Waals surface area contributed by atoms with Crippen molar-refractivity contribution in [2.45, 2.75) is 26.4 Å². The van der Waals surface area contributed by atoms with Crippen molar-refractivity contribution in [2.75, 3.05) is 19.6 Å². The van der Waals surface area contributed by atoms with Gasteiger partial charge in [-0.3, -0.25) is 4.79 Å². The van der Waals surface area contributed by atoms with E-state index in [4.69, 9.17) is 4.74 Å². The maximum absolute atomic E-state index is 12.2. The number of nitrogens with one attached hydrogen (secondary N) is 2. The molecule has 1 amide bonds. The van der Waals surface area contributed by atoms with E-state index in [9.17, 15) is 4.79 Å². The monoisotopic (exact) mass is 348 g/mol. The zero-order valence-corrected chi connectivity index (χ0v) is 15.1. The van der Waals surface area contributed by atoms with Gasteiger partial charge in [0, 0.05) is 17.7 Å². The van der Waals surface area contributed by atoms with Gasteiger partial charge >= 0.3 is 0 Å². The second-order valence-electron chi connectivity index (χ2n) is 6.74. The van der Waals surface area contributed by atoms with Crippen molar-refractivity contribution in [3.05, 3.63) is 70.3 Å². The van der Waals surface area contributed by atoms with E-state index < -0.39 is 0 Å². The maximum atomic E-state index is 12.2. The highest BCUT2D eigenvalue weighted by Crippen LogP contribution is 2.40. The number of fused-ring (bicyclic) bond motifs is 2. The van der Waals surface area contributed by atoms with E-state index in [1.807, 2.05) is 25.1 Å². The van der Waals surface area contributed by atoms with Gasteiger partial charge in [0.2, 0.25) is 0 Å². The summed E-state index contributed by atoms with van der Waals surface area (Å²) in [5.74, 6) is 0.739. The third-order valence-electron chi connectivity index (χ3n) is 5.08. The Balaban J connectivity index is 1.87. The molecule has 2 aliphatic rings. The highest BCUT2D eigenvalue weighted by Gasteiger charge is 2.24. The number of amides is 1. The molecule has 0 aliphatic carbocycles. The van der Waals surface area contributed by atoms with Crippen LogP contribution in [0.4, 0.5) is 0 Å². The predicted octanol–water partition coefficient (Wildman–Crippen LogP) is 3.51. The predicted molar refractivity (Wildman–Crippen MR) is 103 cm³/mol. The summed E-state index contributed by atoms with van der Waals surface area (Å²) in [6.45, 7) is 5.08. The van der Waals surface area contributed by atoms with Gasteiger partial charge in [-0.1, -0.05) is 29.8 Å². The molecule has 2 aromatic rings. The summed E-state index contributed by atoms with van der Waals surface area (Å²) >= 11 is 0. The first-order valence-corrected chi connectivity index (χ1v) is 9.34. The van der Waals surface area contributed by atoms with E-state index in [0.29, 0.717) is 18.7 Å². The normalized spacial score (nSPS) is 16.2. The number of piperidine rings is 1. The van der Waals surface area contributed by atoms with Gasteiger partial charge in [-0.2, -0.15) is 0 Å². The van der Waals surface area contributed by atoms with Crippen LogP contribution in [0.15, 0.2) is 48.0 Å². The van der Waals surface area contributed by atoms with E-state index in [-0.39, 0.29) is 5.91 Å². The topological polar surface area (TPSA) is 50.4 Å². The number of benzene rings is 2. The summed E-state index contributed by atoms with van der Waals surface area (Å²) in [5, 5.41) is 6.30. The molecule has 0 radical (unpaired) electrons. The largest absolute Gasteiger partial charge is 0.488 e. The summed E-state index contributed by atoms with van der Waals surface area (Å²) < 4.78 is 6.14. The summed E-state index contributed by atoms with van der Waals surface area (Å²) in [6.07, 6.45) is 2.09. The Bertz CT molecular complexity index is 862. The molecule has 4 nitrogen and oxygen atoms in total. The van der Waals surface area contributed by atoms with Gasteiger partial charge in [-0.15, -0.1) is 0 Å². The van der Waals surface area contributed by atoms with Crippen LogP contribution in [0.1, 0.15) is 46.8 Å². The molecular formula is C22H24N2O2. The van der Waals surface area contributed by atoms with Crippen LogP contribution in [0.25, 0.3) is 5.57 Å². The molecule has 0 aromatic heterocycles. The first-order chi connectivity index (χ1) is 12.8. The quantitative estimate of drug-likeness (QED) is 0.873. The molecule has 0 saturated carbocycles. The Hall–Kier alpha value is -2.59. The van der Waals surface area contributed by atoms with Gasteiger partial charge in [0.25, 0.3) is 5.91 Å². The van der Waals surface area contributed by atoms with Crippen LogP contribution in [0.5, 0.6) is 5.75 Å². The molecule has 0 spiro atoms. The van der Waals surface area contributed by atoms with Crippen molar-refractivity contribution in [3.8, 4) is 5.75 Å². The lowest BCUT2D eigenvalue weighted by Gasteiger charge is -2.21. The second-order valence-corrected chi connectivity index (χ2v) is 6.74. The molecule has 4 rings (SSSR count). The summed E-state index contributed by atoms with van der Waals surface area (Å²) in [7, 11) is 0. The summed E-state index contributed by atoms with van der Waals surface area (Å²) in [5.41, 5.74) is 6.95. The summed E-state index contributed by atoms with van der Waals surface area (Å²) in [6, 6.07) is 14.3. The molecular weight excluding hydrogens is 324 g/mol. The van der Waals surface area contributed by atoms with E-state index >= 15 is 0 Å². The molecule has 2 N–H and O–H groups in total. The Morgan fingerprint density at radius 2 is 1.92 bits per heavy atom. The first kappa shape index (κ1) is 16.9. The Kier molecular flexibility index (Phi) is 4.76. The molecule has 2 heterocycles. The summed E-state index contributed by atoms with van der Waals surface area (Å²) in [4.78, 5) is 12.2. The van der Waals surface area contributed by atoms with Crippen molar-refractivity contribution in [3.63, 3.8) is 0 Å². The van der Waals surface area contributed by atoms with Crippen molar-refractivity contribution in [2.24, 2.45) is 0 Å². The minimum Gasteiger partial charge on any atom is -0.488 e. The molecule has 0 bridgehead atoms. The van der Waals surface area contributed by atoms with Crippen molar-refractivity contribution in [1.29, 1.82) is 0 Å². The Labute approximate surface area is 154 Å². The van der Waals surface area contributed by atoms with Gasteiger partial charge in [-0.25, -0.2) is 0 Å². The van der Waals surface area contributed by atoms with Gasteiger partial charge in [-0.05, 0) is 67.8 Å². The lowest BCUT2D eigenvalue weighted by molar-refractivity contribution is 0.0955. The van der Waals surface area contributed by atoms with Gasteiger partial charge in [0.05, 0.1) is 0 Å². The maximum Gasteiger partial charge on any atom is 0.251 e. The standard InChI is InChI=1S/C22H24N2O2/c1-2-24-22(25)16-7-8-19-20(13-16)26-14-17-5-3-4-6-18(17)21(19)15-9-11-23-12-10-15/h3-8,13,23H,2,9-12,14H2,1H3,(H,24,25). The zero-order valence-electron chi connectivity index (χ0n) is 15.1. The molecule has 134 valence electrons. The number of hydrogen-bond acceptors (Lipinski definition) is 3. The molecule has 0 unspecified atom stereocenters. The van der Waals surface area contributed by atoms with Crippen molar-refractivity contribution in [1.82, 2.24) is 10.6 Å². The van der Waals surface area contributed by atoms with Crippen LogP contribution >= 0.6 is 0 Å². The van der Waals surface area contributed by atoms with Crippen LogP contribution in [-0.4, -0.2) is 25.5 Å². The molecule has 4 heteroatoms. The fraction of sp³-hybridized carbons (Fsp3) is 0.318. The minimum absolute atomic E-state index is 0.0586. The Morgan fingerprint density at radius 3 is 2.73 bits per heavy atom. The lowest BCUT2D eigenvalue weighted by atomic mass is 9.86. The van der Waals surface area contributed by atoms with Crippen LogP contribution in [0, 0.1) is 0 Å². The highest BCUT2D eigenvalue weighted by atomic mass is 16.5. The van der Waals surface area contributed by atoms with Crippen LogP contribution < -0.4 is 15.4 Å². The Morgan fingerprint density at radius 1 is 1.12 bits per heavy atom. The molecule has 1 fully saturated rings. The zero-order chi connectivity index (χ0) is 17.9. The molecule has 2 aromatic carbocycles. The molecule has 0 atom stereocenters. The van der Waals surface area contributed by atoms with E-state index in [2.05, 4.69) is 34.9 Å². The molecule has 2 aliphatic heterocycles. The minimum atomic E-state index is -0.0586. The van der Waals surface area contributed by atoms with Crippen molar-refractivity contribution < 1.29 is 9.53 Å². The molecule has 26 heavy (non-hydrogen) atoms. The van der Waals surface area contributed by atoms with Crippen LogP contribution in [0.3, 0.4) is 0 Å². The highest BCUT2D eigenvalue weighted by molar-refractivity contribution is 5.96. The fourth-order valence-corrected chi connectivity index (χ4v) is 3.80. The second kappa shape index (κ2) is 7.34.